The molecule has 0 unspecified atom stereocenters. The number of carbonyl (C=O) groups excluding carboxylic acids is 9. The molecule has 1 aliphatic rings. The van der Waals surface area contributed by atoms with Gasteiger partial charge < -0.3 is 65.2 Å². The molecule has 31 heteroatoms. The molecule has 3 heterocycles. The van der Waals surface area contributed by atoms with E-state index in [2.05, 4.69) is 58.7 Å². The number of carbonyl (C=O) groups is 9. The maximum atomic E-state index is 14.9. The number of methoxy groups -OCH3 is 2. The van der Waals surface area contributed by atoms with Crippen LogP contribution in [0, 0.1) is 41.4 Å². The number of aliphatic hydroxyl groups is 1. The summed E-state index contributed by atoms with van der Waals surface area (Å²) in [6.45, 7) is 16.7. The van der Waals surface area contributed by atoms with Crippen molar-refractivity contribution in [3.8, 4) is 11.8 Å². The predicted octanol–water partition coefficient (Wildman–Crippen LogP) is 6.58. The first-order valence-electron chi connectivity index (χ1n) is 38.7. The molecule has 1 fully saturated rings. The number of benzene rings is 2. The Balaban J connectivity index is 1.05. The zero-order valence-electron chi connectivity index (χ0n) is 67.4. The van der Waals surface area contributed by atoms with Crippen molar-refractivity contribution in [2.75, 3.05) is 85.9 Å². The van der Waals surface area contributed by atoms with Crippen LogP contribution < -0.4 is 26.6 Å². The first-order chi connectivity index (χ1) is 52.9. The summed E-state index contributed by atoms with van der Waals surface area (Å²) in [6.07, 6.45) is 7.33. The molecule has 4 aromatic rings. The Kier molecular flexibility index (Phi) is 39.0. The molecular formula is C79H119N13O17S. The molecule has 2 aromatic carbocycles. The number of hydrogen-bond donors (Lipinski definition) is 6. The van der Waals surface area contributed by atoms with E-state index >= 15 is 0 Å². The Morgan fingerprint density at radius 3 is 2.16 bits per heavy atom. The molecule has 6 N–H and O–H groups in total. The van der Waals surface area contributed by atoms with Crippen molar-refractivity contribution in [2.45, 2.75) is 219 Å². The standard InChI is InChI=1S/C79H119N13O17S/c1-15-54(7)71(66(105-12)44-68(96)92-39-25-32-65(92)73(106-13)55(8)74(98)84-56(9)72(97)59-28-20-18-21-29-59)89(10)77(101)69(52(3)4)86-76(100)70(53(5)6)90(11)79(102)109-49-57-34-36-61(37-35-57)85-75(99)60(30-23-24-38-80-16-2)43-64(94)51-108-50-63(93)31-26-41-107-42-40-91-48-62(87-88-91)47-81-67(95)33-22-17-19-27-58-45-82-78(83-46-58)110(14,103)104/h18,20-21,28-29,34-37,45-46,48,52-56,60,65-66,69-73,80,97H,15-17,22-26,30-33,38-44,47,49-51H2,1-14H3,(H,81,95)(H,84,98)(H,85,99)(H,86,100)/t54-,55+,56+,60+,65-,66+,69-,70-,71-,72+,73+/m0/s1/i2T. The molecule has 0 aliphatic carbocycles. The lowest BCUT2D eigenvalue weighted by Crippen LogP contribution is -2.60. The summed E-state index contributed by atoms with van der Waals surface area (Å²) in [5, 5.41) is 33.6. The number of nitrogens with zero attached hydrogens (tertiary/aromatic N) is 8. The van der Waals surface area contributed by atoms with Gasteiger partial charge in [-0.1, -0.05) is 128 Å². The third-order valence-electron chi connectivity index (χ3n) is 19.5. The van der Waals surface area contributed by atoms with Crippen LogP contribution >= 0.6 is 0 Å². The number of ketones is 2. The molecule has 110 heavy (non-hydrogen) atoms. The molecular weight excluding hydrogens is 1440 g/mol. The first kappa shape index (κ1) is 90.2. The number of unbranched alkanes of at least 4 members (excludes halogenated alkanes) is 2. The number of amides is 7. The number of hydrogen-bond acceptors (Lipinski definition) is 22. The smallest absolute Gasteiger partial charge is 0.410 e. The minimum atomic E-state index is -3.50. The molecule has 0 radical (unpaired) electrons. The highest BCUT2D eigenvalue weighted by atomic mass is 32.2. The fourth-order valence-corrected chi connectivity index (χ4v) is 13.6. The molecule has 5 rings (SSSR count). The van der Waals surface area contributed by atoms with E-state index < -0.39 is 106 Å². The number of aromatic nitrogens is 5. The minimum absolute atomic E-state index is 0.0886. The third kappa shape index (κ3) is 30.2. The third-order valence-corrected chi connectivity index (χ3v) is 20.4. The number of likely N-dealkylation sites (N-methyl/N-ethyl adjacent to an activating group) is 2. The lowest BCUT2D eigenvalue weighted by molar-refractivity contribution is -0.148. The van der Waals surface area contributed by atoms with Crippen molar-refractivity contribution in [3.63, 3.8) is 0 Å². The molecule has 608 valence electrons. The second-order valence-electron chi connectivity index (χ2n) is 28.9. The highest BCUT2D eigenvalue weighted by Gasteiger charge is 2.44. The van der Waals surface area contributed by atoms with E-state index in [1.807, 2.05) is 45.9 Å². The van der Waals surface area contributed by atoms with Crippen molar-refractivity contribution in [2.24, 2.45) is 29.6 Å². The van der Waals surface area contributed by atoms with Gasteiger partial charge in [0.1, 0.15) is 37.6 Å². The molecule has 2 aromatic heterocycles. The van der Waals surface area contributed by atoms with Crippen molar-refractivity contribution >= 4 is 68.6 Å². The molecule has 30 nitrogen and oxygen atoms in total. The number of likely N-dealkylation sites (tertiary alicyclic amines) is 1. The zero-order valence-corrected chi connectivity index (χ0v) is 67.2. The number of nitrogens with one attached hydrogen (secondary N) is 5. The maximum Gasteiger partial charge on any atom is 0.410 e. The lowest BCUT2D eigenvalue weighted by atomic mass is 9.89. The molecule has 0 saturated carbocycles. The number of ether oxygens (including phenoxy) is 5. The summed E-state index contributed by atoms with van der Waals surface area (Å²) in [5.41, 5.74) is 2.68. The number of anilines is 1. The number of rotatable bonds is 49. The zero-order chi connectivity index (χ0) is 81.7. The van der Waals surface area contributed by atoms with E-state index in [-0.39, 0.29) is 106 Å². The van der Waals surface area contributed by atoms with Crippen LogP contribution in [0.4, 0.5) is 10.5 Å². The van der Waals surface area contributed by atoms with Gasteiger partial charge in [0.25, 0.3) is 0 Å². The molecule has 0 spiro atoms. The van der Waals surface area contributed by atoms with Crippen LogP contribution in [0.1, 0.15) is 176 Å². The summed E-state index contributed by atoms with van der Waals surface area (Å²) in [4.78, 5) is 136. The highest BCUT2D eigenvalue weighted by molar-refractivity contribution is 7.90. The average molecular weight is 1560 g/mol. The van der Waals surface area contributed by atoms with Gasteiger partial charge in [0.15, 0.2) is 11.6 Å². The Morgan fingerprint density at radius 1 is 0.800 bits per heavy atom. The Hall–Kier alpha value is -8.64. The second kappa shape index (κ2) is 47.5. The van der Waals surface area contributed by atoms with E-state index in [0.717, 1.165) is 6.26 Å². The first-order valence-corrected chi connectivity index (χ1v) is 39.9. The lowest BCUT2D eigenvalue weighted by Gasteiger charge is -2.41. The van der Waals surface area contributed by atoms with Gasteiger partial charge in [-0.15, -0.1) is 5.10 Å². The monoisotopic (exact) mass is 1560 g/mol. The highest BCUT2D eigenvalue weighted by Crippen LogP contribution is 2.31. The number of aliphatic hydroxyl groups excluding tert-OH is 1. The van der Waals surface area contributed by atoms with Gasteiger partial charge in [-0.3, -0.25) is 43.3 Å². The van der Waals surface area contributed by atoms with Gasteiger partial charge in [-0.2, -0.15) is 0 Å². The Labute approximate surface area is 650 Å². The summed E-state index contributed by atoms with van der Waals surface area (Å²) >= 11 is 0. The second-order valence-corrected chi connectivity index (χ2v) is 30.8. The maximum absolute atomic E-state index is 14.9. The average Bonchev–Trinajstić information content (AvgIpc) is 1.02. The van der Waals surface area contributed by atoms with Gasteiger partial charge >= 0.3 is 6.09 Å². The fraction of sp³-hybridized carbons (Fsp3) is 0.633. The summed E-state index contributed by atoms with van der Waals surface area (Å²) in [6, 6.07) is 11.9. The van der Waals surface area contributed by atoms with Crippen molar-refractivity contribution in [1.29, 1.82) is 0 Å². The fourth-order valence-electron chi connectivity index (χ4n) is 13.2. The van der Waals surface area contributed by atoms with Gasteiger partial charge in [0, 0.05) is 98.8 Å². The van der Waals surface area contributed by atoms with Gasteiger partial charge in [-0.05, 0) is 99.6 Å². The molecule has 11 atom stereocenters. The van der Waals surface area contributed by atoms with Crippen LogP contribution in [0.3, 0.4) is 0 Å². The minimum Gasteiger partial charge on any atom is -0.445 e. The van der Waals surface area contributed by atoms with E-state index in [1.54, 1.807) is 91.8 Å². The van der Waals surface area contributed by atoms with Crippen molar-refractivity contribution < 1.29 is 81.7 Å². The van der Waals surface area contributed by atoms with Crippen molar-refractivity contribution in [3.05, 3.63) is 95.6 Å². The van der Waals surface area contributed by atoms with E-state index in [1.165, 1.54) is 38.6 Å². The van der Waals surface area contributed by atoms with Crippen LogP contribution in [0.15, 0.2) is 78.3 Å². The number of Topliss-reactive ketones (excluding diaryl/α,β-unsaturated/α-hetero) is 2. The van der Waals surface area contributed by atoms with E-state index in [9.17, 15) is 56.7 Å². The van der Waals surface area contributed by atoms with Crippen LogP contribution in [0.5, 0.6) is 0 Å². The largest absolute Gasteiger partial charge is 0.445 e. The van der Waals surface area contributed by atoms with Crippen LogP contribution in [-0.2, 0) is 91.6 Å². The molecule has 1 saturated heterocycles. The molecule has 1 aliphatic heterocycles. The normalized spacial score (nSPS) is 15.8. The topological polar surface area (TPSA) is 381 Å². The predicted molar refractivity (Wildman–Crippen MR) is 413 cm³/mol. The van der Waals surface area contributed by atoms with Crippen molar-refractivity contribution in [1.82, 2.24) is 60.9 Å². The Bertz CT molecular complexity index is 3770. The van der Waals surface area contributed by atoms with Crippen LogP contribution in [0.25, 0.3) is 0 Å². The van der Waals surface area contributed by atoms with Gasteiger partial charge in [0.05, 0.1) is 80.2 Å². The summed E-state index contributed by atoms with van der Waals surface area (Å²) in [7, 11) is 2.61. The van der Waals surface area contributed by atoms with Gasteiger partial charge in [-0.25, -0.2) is 27.9 Å². The van der Waals surface area contributed by atoms with Gasteiger partial charge in [0.2, 0.25) is 50.4 Å². The summed E-state index contributed by atoms with van der Waals surface area (Å²) < 4.78 is 61.1. The molecule has 7 amide bonds. The van der Waals surface area contributed by atoms with E-state index in [4.69, 9.17) is 25.1 Å². The molecule has 0 bridgehead atoms. The number of sulfone groups is 1. The quantitative estimate of drug-likeness (QED) is 0.0154. The van der Waals surface area contributed by atoms with E-state index in [0.29, 0.717) is 119 Å². The van der Waals surface area contributed by atoms with Crippen LogP contribution in [0.2, 0.25) is 0 Å². The SMILES string of the molecule is [3H]CCNCCCC[C@H](CC(=O)COCC(=O)CCCOCCn1cc(CNC(=O)CCCC#Cc2cnc(S(C)(=O)=O)nc2)nn1)C(=O)Nc1ccc(COC(=O)N(C)[C@H](C(=O)N[C@H](C(=O)N(C)[C@@H]([C@@H](C)CC)[C@@H](CC(=O)N2CCC[C@H]2[C@H](OC)[C@@H](C)C(=O)N[C@H](C)[C@@H](O)c2ccccc2)OC)C(C)C)C(C)C)cc1. The summed E-state index contributed by atoms with van der Waals surface area (Å²) in [5.74, 6) is 0.636. The Morgan fingerprint density at radius 2 is 1.51 bits per heavy atom. The van der Waals surface area contributed by atoms with Crippen LogP contribution in [-0.4, -0.2) is 229 Å².